The Labute approximate surface area is 206 Å². The molecule has 2 aromatic carbocycles. The van der Waals surface area contributed by atoms with Gasteiger partial charge in [0.15, 0.2) is 11.4 Å². The van der Waals surface area contributed by atoms with Crippen LogP contribution in [0.2, 0.25) is 0 Å². The summed E-state index contributed by atoms with van der Waals surface area (Å²) in [4.78, 5) is 42.2. The van der Waals surface area contributed by atoms with Gasteiger partial charge in [-0.1, -0.05) is 57.6 Å². The second kappa shape index (κ2) is 9.78. The first-order chi connectivity index (χ1) is 16.3. The van der Waals surface area contributed by atoms with Gasteiger partial charge in [0.1, 0.15) is 5.75 Å². The van der Waals surface area contributed by atoms with Gasteiger partial charge in [0.2, 0.25) is 0 Å². The molecule has 0 radical (unpaired) electrons. The Kier molecular flexibility index (Phi) is 6.80. The van der Waals surface area contributed by atoms with Gasteiger partial charge >= 0.3 is 11.9 Å². The van der Waals surface area contributed by atoms with Crippen molar-refractivity contribution >= 4 is 45.3 Å². The molecule has 2 heterocycles. The molecule has 1 unspecified atom stereocenters. The van der Waals surface area contributed by atoms with E-state index in [0.717, 1.165) is 10.0 Å². The Balaban J connectivity index is 1.93. The minimum atomic E-state index is -1.11. The summed E-state index contributed by atoms with van der Waals surface area (Å²) in [7, 11) is 1.29. The highest BCUT2D eigenvalue weighted by Gasteiger charge is 2.32. The van der Waals surface area contributed by atoms with Crippen LogP contribution in [-0.2, 0) is 14.3 Å². The Bertz CT molecular complexity index is 1490. The summed E-state index contributed by atoms with van der Waals surface area (Å²) in [5.41, 5.74) is 1.71. The molecule has 1 aliphatic heterocycles. The molecular weight excluding hydrogens is 524 g/mol. The highest BCUT2D eigenvalue weighted by Crippen LogP contribution is 2.30. The molecule has 0 aliphatic carbocycles. The minimum absolute atomic E-state index is 0.292. The highest BCUT2D eigenvalue weighted by molar-refractivity contribution is 9.10. The molecule has 1 aromatic heterocycles. The summed E-state index contributed by atoms with van der Waals surface area (Å²) >= 11 is 4.57. The van der Waals surface area contributed by atoms with Crippen molar-refractivity contribution in [3.8, 4) is 5.75 Å². The average molecular weight is 543 g/mol. The largest absolute Gasteiger partial charge is 0.481 e. The van der Waals surface area contributed by atoms with E-state index in [1.807, 2.05) is 30.3 Å². The smallest absolute Gasteiger partial charge is 0.341 e. The van der Waals surface area contributed by atoms with Crippen molar-refractivity contribution in [1.29, 1.82) is 0 Å². The number of allylic oxidation sites excluding steroid dienone is 1. The van der Waals surface area contributed by atoms with Crippen LogP contribution in [0.25, 0.3) is 6.08 Å². The Hall–Kier alpha value is -3.50. The number of halogens is 1. The van der Waals surface area contributed by atoms with Gasteiger partial charge in [0.25, 0.3) is 5.56 Å². The lowest BCUT2D eigenvalue weighted by atomic mass is 9.96. The van der Waals surface area contributed by atoms with Gasteiger partial charge in [0, 0.05) is 10.0 Å². The molecule has 0 saturated carbocycles. The van der Waals surface area contributed by atoms with E-state index in [9.17, 15) is 14.4 Å². The molecule has 174 valence electrons. The predicted molar refractivity (Wildman–Crippen MR) is 129 cm³/mol. The van der Waals surface area contributed by atoms with E-state index in [1.165, 1.54) is 23.0 Å². The molecule has 3 aromatic rings. The number of carbonyl (C=O) groups excluding carboxylic acids is 1. The first-order valence-electron chi connectivity index (χ1n) is 10.1. The number of rotatable bonds is 6. The number of aliphatic carboxylic acids is 1. The van der Waals surface area contributed by atoms with Crippen LogP contribution < -0.4 is 19.6 Å². The van der Waals surface area contributed by atoms with E-state index in [2.05, 4.69) is 20.9 Å². The van der Waals surface area contributed by atoms with E-state index in [1.54, 1.807) is 31.2 Å². The fourth-order valence-corrected chi connectivity index (χ4v) is 5.10. The van der Waals surface area contributed by atoms with Crippen molar-refractivity contribution in [3.05, 3.63) is 95.1 Å². The number of ether oxygens (including phenoxy) is 2. The van der Waals surface area contributed by atoms with Crippen molar-refractivity contribution in [2.24, 2.45) is 4.99 Å². The zero-order valence-corrected chi connectivity index (χ0v) is 20.6. The molecule has 8 nitrogen and oxygen atoms in total. The number of carbonyl (C=O) groups is 2. The maximum atomic E-state index is 13.6. The van der Waals surface area contributed by atoms with Crippen molar-refractivity contribution in [2.75, 3.05) is 13.7 Å². The third-order valence-electron chi connectivity index (χ3n) is 5.15. The van der Waals surface area contributed by atoms with Crippen LogP contribution in [0, 0.1) is 0 Å². The fourth-order valence-electron chi connectivity index (χ4n) is 3.69. The lowest BCUT2D eigenvalue weighted by Gasteiger charge is -2.24. The number of hydrogen-bond donors (Lipinski definition) is 1. The third-order valence-corrected chi connectivity index (χ3v) is 6.63. The number of esters is 1. The lowest BCUT2D eigenvalue weighted by Crippen LogP contribution is -2.39. The van der Waals surface area contributed by atoms with Gasteiger partial charge < -0.3 is 14.6 Å². The quantitative estimate of drug-likeness (QED) is 0.480. The molecule has 1 N–H and O–H groups in total. The third kappa shape index (κ3) is 4.59. The number of methoxy groups -OCH3 is 1. The van der Waals surface area contributed by atoms with E-state index < -0.39 is 24.6 Å². The van der Waals surface area contributed by atoms with Crippen LogP contribution in [0.4, 0.5) is 0 Å². The SMILES string of the molecule is COC(=O)C1=C(C)N=c2sc(=Cc3cc(Br)ccc3OCC(=O)O)c(=O)n2C1c1ccccc1. The monoisotopic (exact) mass is 542 g/mol. The van der Waals surface area contributed by atoms with Gasteiger partial charge in [-0.05, 0) is 36.8 Å². The number of carboxylic acids is 1. The van der Waals surface area contributed by atoms with Crippen LogP contribution in [-0.4, -0.2) is 35.3 Å². The standard InChI is InChI=1S/C24H19BrN2O6S/c1-13-20(23(31)32-2)21(14-6-4-3-5-7-14)27-22(30)18(34-24(27)26-13)11-15-10-16(25)8-9-17(15)33-12-19(28)29/h3-11,21H,12H2,1-2H3,(H,28,29). The molecule has 0 spiro atoms. The zero-order valence-electron chi connectivity index (χ0n) is 18.1. The van der Waals surface area contributed by atoms with Crippen molar-refractivity contribution in [3.63, 3.8) is 0 Å². The van der Waals surface area contributed by atoms with Crippen LogP contribution in [0.1, 0.15) is 24.1 Å². The Morgan fingerprint density at radius 3 is 2.65 bits per heavy atom. The van der Waals surface area contributed by atoms with Gasteiger partial charge in [-0.25, -0.2) is 14.6 Å². The summed E-state index contributed by atoms with van der Waals surface area (Å²) in [6.07, 6.45) is 1.63. The average Bonchev–Trinajstić information content (AvgIpc) is 3.12. The van der Waals surface area contributed by atoms with Crippen molar-refractivity contribution in [1.82, 2.24) is 4.57 Å². The fraction of sp³-hybridized carbons (Fsp3) is 0.167. The maximum Gasteiger partial charge on any atom is 0.341 e. The van der Waals surface area contributed by atoms with Crippen LogP contribution in [0.15, 0.2) is 74.1 Å². The number of nitrogens with zero attached hydrogens (tertiary/aromatic N) is 2. The van der Waals surface area contributed by atoms with Crippen molar-refractivity contribution < 1.29 is 24.2 Å². The Morgan fingerprint density at radius 2 is 1.97 bits per heavy atom. The van der Waals surface area contributed by atoms with Crippen LogP contribution >= 0.6 is 27.3 Å². The summed E-state index contributed by atoms with van der Waals surface area (Å²) in [5.74, 6) is -1.34. The molecular formula is C24H19BrN2O6S. The second-order valence-electron chi connectivity index (χ2n) is 7.35. The molecule has 4 rings (SSSR count). The molecule has 1 atom stereocenters. The van der Waals surface area contributed by atoms with E-state index in [-0.39, 0.29) is 5.56 Å². The summed E-state index contributed by atoms with van der Waals surface area (Å²) in [5, 5.41) is 8.97. The van der Waals surface area contributed by atoms with Gasteiger partial charge in [-0.2, -0.15) is 0 Å². The number of aromatic nitrogens is 1. The summed E-state index contributed by atoms with van der Waals surface area (Å²) < 4.78 is 13.0. The van der Waals surface area contributed by atoms with Crippen LogP contribution in [0.5, 0.6) is 5.75 Å². The lowest BCUT2D eigenvalue weighted by molar-refractivity contribution is -0.139. The number of benzene rings is 2. The normalized spacial score (nSPS) is 15.5. The summed E-state index contributed by atoms with van der Waals surface area (Å²) in [6.45, 7) is 1.20. The second-order valence-corrected chi connectivity index (χ2v) is 9.27. The first kappa shape index (κ1) is 23.7. The molecule has 0 fully saturated rings. The highest BCUT2D eigenvalue weighted by atomic mass is 79.9. The molecule has 0 amide bonds. The van der Waals surface area contributed by atoms with Crippen LogP contribution in [0.3, 0.4) is 0 Å². The van der Waals surface area contributed by atoms with Gasteiger partial charge in [0.05, 0.1) is 29.0 Å². The number of carboxylic acid groups (broad SMARTS) is 1. The van der Waals surface area contributed by atoms with E-state index >= 15 is 0 Å². The molecule has 0 saturated heterocycles. The zero-order chi connectivity index (χ0) is 24.4. The van der Waals surface area contributed by atoms with E-state index in [4.69, 9.17) is 14.6 Å². The number of hydrogen-bond acceptors (Lipinski definition) is 7. The van der Waals surface area contributed by atoms with E-state index in [0.29, 0.717) is 31.9 Å². The summed E-state index contributed by atoms with van der Waals surface area (Å²) in [6, 6.07) is 13.6. The molecule has 10 heteroatoms. The number of thiazole rings is 1. The molecule has 1 aliphatic rings. The minimum Gasteiger partial charge on any atom is -0.481 e. The molecule has 34 heavy (non-hydrogen) atoms. The molecule has 0 bridgehead atoms. The van der Waals surface area contributed by atoms with Gasteiger partial charge in [-0.15, -0.1) is 0 Å². The van der Waals surface area contributed by atoms with Crippen molar-refractivity contribution in [2.45, 2.75) is 13.0 Å². The Morgan fingerprint density at radius 1 is 1.24 bits per heavy atom. The maximum absolute atomic E-state index is 13.6. The number of fused-ring (bicyclic) bond motifs is 1. The van der Waals surface area contributed by atoms with Gasteiger partial charge in [-0.3, -0.25) is 9.36 Å². The first-order valence-corrected chi connectivity index (χ1v) is 11.7. The predicted octanol–water partition coefficient (Wildman–Crippen LogP) is 2.63. The topological polar surface area (TPSA) is 107 Å².